The minimum Gasteiger partial charge on any atom is -0.322 e. The summed E-state index contributed by atoms with van der Waals surface area (Å²) in [6.07, 6.45) is 5.25. The average molecular weight is 389 g/mol. The Morgan fingerprint density at radius 3 is 2.80 bits per heavy atom. The summed E-state index contributed by atoms with van der Waals surface area (Å²) in [6.45, 7) is 0. The quantitative estimate of drug-likeness (QED) is 0.575. The molecule has 1 amide bonds. The lowest BCUT2D eigenvalue weighted by Crippen LogP contribution is -2.12. The lowest BCUT2D eigenvalue weighted by molar-refractivity contribution is 0.102. The molecule has 0 saturated heterocycles. The minimum atomic E-state index is -0.199. The molecule has 0 spiro atoms. The number of carbonyl (C=O) groups is 1. The molecule has 25 heavy (non-hydrogen) atoms. The second-order valence-electron chi connectivity index (χ2n) is 6.12. The SMILES string of the molecule is O=C(Nc1ccc2nc(SC3CCCC3)sc2c1)c1ccccc1Cl. The van der Waals surface area contributed by atoms with Gasteiger partial charge in [0.1, 0.15) is 0 Å². The molecule has 4 rings (SSSR count). The maximum absolute atomic E-state index is 12.4. The molecule has 3 nitrogen and oxygen atoms in total. The van der Waals surface area contributed by atoms with Gasteiger partial charge in [-0.15, -0.1) is 11.3 Å². The number of carbonyl (C=O) groups excluding carboxylic acids is 1. The zero-order chi connectivity index (χ0) is 17.2. The van der Waals surface area contributed by atoms with Crippen molar-refractivity contribution >= 4 is 56.5 Å². The van der Waals surface area contributed by atoms with Gasteiger partial charge in [0.05, 0.1) is 20.8 Å². The molecule has 1 aliphatic carbocycles. The van der Waals surface area contributed by atoms with Crippen LogP contribution in [0.15, 0.2) is 46.8 Å². The normalized spacial score (nSPS) is 14.9. The number of aromatic nitrogens is 1. The Balaban J connectivity index is 1.52. The first-order chi connectivity index (χ1) is 12.2. The van der Waals surface area contributed by atoms with Crippen molar-refractivity contribution in [2.45, 2.75) is 35.3 Å². The van der Waals surface area contributed by atoms with Crippen LogP contribution in [0.25, 0.3) is 10.2 Å². The highest BCUT2D eigenvalue weighted by Gasteiger charge is 2.18. The summed E-state index contributed by atoms with van der Waals surface area (Å²) >= 11 is 9.69. The zero-order valence-electron chi connectivity index (χ0n) is 13.5. The fraction of sp³-hybridized carbons (Fsp3) is 0.263. The topological polar surface area (TPSA) is 42.0 Å². The van der Waals surface area contributed by atoms with Crippen LogP contribution in [-0.2, 0) is 0 Å². The molecule has 0 bridgehead atoms. The van der Waals surface area contributed by atoms with Gasteiger partial charge in [-0.05, 0) is 43.2 Å². The van der Waals surface area contributed by atoms with E-state index in [1.807, 2.05) is 36.0 Å². The molecule has 0 atom stereocenters. The summed E-state index contributed by atoms with van der Waals surface area (Å²) in [5.41, 5.74) is 2.23. The van der Waals surface area contributed by atoms with Crippen LogP contribution in [0.5, 0.6) is 0 Å². The third-order valence-corrected chi connectivity index (χ3v) is 7.09. The van der Waals surface area contributed by atoms with E-state index < -0.39 is 0 Å². The van der Waals surface area contributed by atoms with E-state index in [0.717, 1.165) is 20.2 Å². The molecule has 0 unspecified atom stereocenters. The number of thioether (sulfide) groups is 1. The van der Waals surface area contributed by atoms with E-state index in [4.69, 9.17) is 16.6 Å². The van der Waals surface area contributed by atoms with Gasteiger partial charge >= 0.3 is 0 Å². The second kappa shape index (κ2) is 7.36. The van der Waals surface area contributed by atoms with Gasteiger partial charge in [-0.25, -0.2) is 4.98 Å². The number of halogens is 1. The zero-order valence-corrected chi connectivity index (χ0v) is 15.9. The lowest BCUT2D eigenvalue weighted by atomic mass is 10.2. The maximum atomic E-state index is 12.4. The Bertz CT molecular complexity index is 919. The number of thiazole rings is 1. The van der Waals surface area contributed by atoms with E-state index in [0.29, 0.717) is 15.8 Å². The molecule has 0 radical (unpaired) electrons. The molecule has 2 aromatic carbocycles. The molecule has 1 fully saturated rings. The van der Waals surface area contributed by atoms with Crippen molar-refractivity contribution in [1.29, 1.82) is 0 Å². The van der Waals surface area contributed by atoms with Gasteiger partial charge in [-0.2, -0.15) is 0 Å². The fourth-order valence-electron chi connectivity index (χ4n) is 3.02. The molecule has 1 aromatic heterocycles. The van der Waals surface area contributed by atoms with Crippen LogP contribution in [0.4, 0.5) is 5.69 Å². The molecule has 1 saturated carbocycles. The van der Waals surface area contributed by atoms with Crippen LogP contribution in [0.2, 0.25) is 5.02 Å². The highest BCUT2D eigenvalue weighted by Crippen LogP contribution is 2.38. The van der Waals surface area contributed by atoms with Gasteiger partial charge in [0.2, 0.25) is 0 Å². The van der Waals surface area contributed by atoms with Gasteiger partial charge in [0, 0.05) is 10.9 Å². The molecular formula is C19H17ClN2OS2. The van der Waals surface area contributed by atoms with Gasteiger partial charge in [0.15, 0.2) is 4.34 Å². The highest BCUT2D eigenvalue weighted by atomic mass is 35.5. The van der Waals surface area contributed by atoms with Crippen molar-refractivity contribution in [1.82, 2.24) is 4.98 Å². The number of nitrogens with one attached hydrogen (secondary N) is 1. The van der Waals surface area contributed by atoms with Crippen molar-refractivity contribution in [3.05, 3.63) is 53.1 Å². The molecule has 0 aliphatic heterocycles. The summed E-state index contributed by atoms with van der Waals surface area (Å²) in [4.78, 5) is 17.1. The van der Waals surface area contributed by atoms with E-state index in [-0.39, 0.29) is 5.91 Å². The van der Waals surface area contributed by atoms with Crippen LogP contribution >= 0.6 is 34.7 Å². The second-order valence-corrected chi connectivity index (χ2v) is 9.11. The Labute approximate surface area is 159 Å². The van der Waals surface area contributed by atoms with Crippen molar-refractivity contribution in [3.63, 3.8) is 0 Å². The van der Waals surface area contributed by atoms with Crippen molar-refractivity contribution in [3.8, 4) is 0 Å². The van der Waals surface area contributed by atoms with Crippen LogP contribution < -0.4 is 5.32 Å². The number of hydrogen-bond donors (Lipinski definition) is 1. The monoisotopic (exact) mass is 388 g/mol. The largest absolute Gasteiger partial charge is 0.322 e. The number of hydrogen-bond acceptors (Lipinski definition) is 4. The Hall–Kier alpha value is -1.56. The first-order valence-corrected chi connectivity index (χ1v) is 10.4. The summed E-state index contributed by atoms with van der Waals surface area (Å²) in [5, 5.41) is 4.08. The summed E-state index contributed by atoms with van der Waals surface area (Å²) in [7, 11) is 0. The van der Waals surface area contributed by atoms with Crippen LogP contribution in [-0.4, -0.2) is 16.1 Å². The first kappa shape index (κ1) is 16.9. The van der Waals surface area contributed by atoms with Crippen LogP contribution in [0, 0.1) is 0 Å². The summed E-state index contributed by atoms with van der Waals surface area (Å²) in [6, 6.07) is 12.9. The predicted octanol–water partition coefficient (Wildman–Crippen LogP) is 6.24. The summed E-state index contributed by atoms with van der Waals surface area (Å²) < 4.78 is 2.22. The first-order valence-electron chi connectivity index (χ1n) is 8.32. The maximum Gasteiger partial charge on any atom is 0.257 e. The smallest absolute Gasteiger partial charge is 0.257 e. The minimum absolute atomic E-state index is 0.199. The number of amides is 1. The van der Waals surface area contributed by atoms with Gasteiger partial charge < -0.3 is 5.32 Å². The third kappa shape index (κ3) is 3.84. The van der Waals surface area contributed by atoms with Gasteiger partial charge in [-0.1, -0.05) is 48.3 Å². The van der Waals surface area contributed by atoms with Crippen LogP contribution in [0.1, 0.15) is 36.0 Å². The number of nitrogens with zero attached hydrogens (tertiary/aromatic N) is 1. The van der Waals surface area contributed by atoms with Crippen LogP contribution in [0.3, 0.4) is 0 Å². The van der Waals surface area contributed by atoms with E-state index in [1.165, 1.54) is 25.7 Å². The highest BCUT2D eigenvalue weighted by molar-refractivity contribution is 8.01. The molecule has 1 N–H and O–H groups in total. The molecular weight excluding hydrogens is 372 g/mol. The lowest BCUT2D eigenvalue weighted by Gasteiger charge is -2.06. The molecule has 3 aromatic rings. The Kier molecular flexibility index (Phi) is 4.97. The molecule has 6 heteroatoms. The van der Waals surface area contributed by atoms with E-state index in [2.05, 4.69) is 5.32 Å². The number of benzene rings is 2. The van der Waals surface area contributed by atoms with Crippen molar-refractivity contribution in [2.24, 2.45) is 0 Å². The van der Waals surface area contributed by atoms with E-state index >= 15 is 0 Å². The average Bonchev–Trinajstić information content (AvgIpc) is 3.24. The third-order valence-electron chi connectivity index (χ3n) is 4.31. The Morgan fingerprint density at radius 1 is 1.20 bits per heavy atom. The van der Waals surface area contributed by atoms with Gasteiger partial charge in [-0.3, -0.25) is 4.79 Å². The molecule has 128 valence electrons. The number of anilines is 1. The molecule has 1 aliphatic rings. The van der Waals surface area contributed by atoms with Crippen molar-refractivity contribution in [2.75, 3.05) is 5.32 Å². The van der Waals surface area contributed by atoms with Gasteiger partial charge in [0.25, 0.3) is 5.91 Å². The van der Waals surface area contributed by atoms with Crippen molar-refractivity contribution < 1.29 is 4.79 Å². The molecule has 1 heterocycles. The fourth-order valence-corrected chi connectivity index (χ4v) is 5.86. The Morgan fingerprint density at radius 2 is 2.00 bits per heavy atom. The van der Waals surface area contributed by atoms with E-state index in [9.17, 15) is 4.79 Å². The standard InChI is InChI=1S/C19H17ClN2OS2/c20-15-8-4-3-7-14(15)18(23)21-12-9-10-16-17(11-12)25-19(22-16)24-13-5-1-2-6-13/h3-4,7-11,13H,1-2,5-6H2,(H,21,23). The number of fused-ring (bicyclic) bond motifs is 1. The van der Waals surface area contributed by atoms with E-state index in [1.54, 1.807) is 29.5 Å². The predicted molar refractivity (Wildman–Crippen MR) is 107 cm³/mol. The summed E-state index contributed by atoms with van der Waals surface area (Å²) in [5.74, 6) is -0.199. The number of rotatable bonds is 4.